The van der Waals surface area contributed by atoms with Gasteiger partial charge in [0.25, 0.3) is 0 Å². The molecule has 26 heavy (non-hydrogen) atoms. The van der Waals surface area contributed by atoms with E-state index in [9.17, 15) is 4.39 Å². The van der Waals surface area contributed by atoms with Gasteiger partial charge in [-0.05, 0) is 35.9 Å². The Labute approximate surface area is 150 Å². The number of aromatic nitrogens is 3. The zero-order valence-corrected chi connectivity index (χ0v) is 13.9. The van der Waals surface area contributed by atoms with E-state index < -0.39 is 0 Å². The van der Waals surface area contributed by atoms with Crippen molar-refractivity contribution in [1.29, 1.82) is 0 Å². The number of pyridine rings is 1. The monoisotopic (exact) mass is 345 g/mol. The van der Waals surface area contributed by atoms with Crippen molar-refractivity contribution in [3.05, 3.63) is 84.4 Å². The van der Waals surface area contributed by atoms with Crippen LogP contribution in [0.4, 0.5) is 21.8 Å². The summed E-state index contributed by atoms with van der Waals surface area (Å²) in [6.07, 6.45) is 3.44. The van der Waals surface area contributed by atoms with Crippen LogP contribution in [-0.4, -0.2) is 15.0 Å². The lowest BCUT2D eigenvalue weighted by molar-refractivity contribution is 0.627. The van der Waals surface area contributed by atoms with Crippen LogP contribution in [0.2, 0.25) is 0 Å². The van der Waals surface area contributed by atoms with Crippen LogP contribution in [0.15, 0.2) is 73.1 Å². The molecule has 0 unspecified atom stereocenters. The van der Waals surface area contributed by atoms with Gasteiger partial charge in [-0.25, -0.2) is 9.37 Å². The molecule has 2 heterocycles. The Morgan fingerprint density at radius 2 is 1.69 bits per heavy atom. The minimum atomic E-state index is -0.244. The number of anilines is 3. The predicted molar refractivity (Wildman–Crippen MR) is 101 cm³/mol. The van der Waals surface area contributed by atoms with E-state index in [4.69, 9.17) is 0 Å². The summed E-state index contributed by atoms with van der Waals surface area (Å²) in [4.78, 5) is 13.2. The van der Waals surface area contributed by atoms with Crippen molar-refractivity contribution in [2.45, 2.75) is 6.54 Å². The zero-order valence-electron chi connectivity index (χ0n) is 13.9. The van der Waals surface area contributed by atoms with Gasteiger partial charge in [-0.2, -0.15) is 4.98 Å². The first-order valence-electron chi connectivity index (χ1n) is 8.20. The second-order valence-electron chi connectivity index (χ2n) is 5.75. The van der Waals surface area contributed by atoms with Crippen molar-refractivity contribution < 1.29 is 4.39 Å². The first-order valence-corrected chi connectivity index (χ1v) is 8.20. The summed E-state index contributed by atoms with van der Waals surface area (Å²) in [5.41, 5.74) is 2.68. The lowest BCUT2D eigenvalue weighted by atomic mass is 10.2. The summed E-state index contributed by atoms with van der Waals surface area (Å²) in [5.74, 6) is 0.915. The molecule has 2 aromatic heterocycles. The predicted octanol–water partition coefficient (Wildman–Crippen LogP) is 4.52. The molecule has 0 aliphatic rings. The summed E-state index contributed by atoms with van der Waals surface area (Å²) in [7, 11) is 0. The SMILES string of the molecule is Fc1ccc(CNc2ccnc(Nc3cccc4cccnc34)n2)cc1. The summed E-state index contributed by atoms with van der Waals surface area (Å²) in [5, 5.41) is 7.48. The number of fused-ring (bicyclic) bond motifs is 1. The highest BCUT2D eigenvalue weighted by Gasteiger charge is 2.05. The van der Waals surface area contributed by atoms with Gasteiger partial charge >= 0.3 is 0 Å². The first-order chi connectivity index (χ1) is 12.8. The molecular weight excluding hydrogens is 329 g/mol. The number of rotatable bonds is 5. The first kappa shape index (κ1) is 16.0. The molecule has 2 N–H and O–H groups in total. The molecule has 0 atom stereocenters. The average molecular weight is 345 g/mol. The standard InChI is InChI=1S/C20H16FN5/c21-16-8-6-14(7-9-16)13-24-18-10-12-23-20(26-18)25-17-5-1-3-15-4-2-11-22-19(15)17/h1-12H,13H2,(H2,23,24,25,26). The van der Waals surface area contributed by atoms with Gasteiger partial charge in [-0.3, -0.25) is 4.98 Å². The van der Waals surface area contributed by atoms with Crippen molar-refractivity contribution in [3.63, 3.8) is 0 Å². The molecule has 0 aliphatic carbocycles. The van der Waals surface area contributed by atoms with Crippen LogP contribution in [0.25, 0.3) is 10.9 Å². The molecule has 0 bridgehead atoms. The molecule has 0 saturated heterocycles. The molecule has 0 fully saturated rings. The molecule has 0 aliphatic heterocycles. The van der Waals surface area contributed by atoms with Crippen molar-refractivity contribution in [3.8, 4) is 0 Å². The van der Waals surface area contributed by atoms with Gasteiger partial charge in [-0.1, -0.05) is 30.3 Å². The van der Waals surface area contributed by atoms with E-state index in [2.05, 4.69) is 25.6 Å². The number of para-hydroxylation sites is 1. The number of halogens is 1. The van der Waals surface area contributed by atoms with E-state index in [0.717, 1.165) is 22.2 Å². The minimum absolute atomic E-state index is 0.244. The van der Waals surface area contributed by atoms with Crippen LogP contribution in [0.5, 0.6) is 0 Å². The van der Waals surface area contributed by atoms with Gasteiger partial charge in [0.05, 0.1) is 11.2 Å². The Bertz CT molecular complexity index is 1030. The van der Waals surface area contributed by atoms with Crippen molar-refractivity contribution in [2.75, 3.05) is 10.6 Å². The second kappa shape index (κ2) is 7.14. The third-order valence-corrected chi connectivity index (χ3v) is 3.92. The lowest BCUT2D eigenvalue weighted by Crippen LogP contribution is -2.04. The second-order valence-corrected chi connectivity index (χ2v) is 5.75. The van der Waals surface area contributed by atoms with E-state index in [1.807, 2.05) is 30.3 Å². The zero-order chi connectivity index (χ0) is 17.8. The maximum absolute atomic E-state index is 13.0. The Hall–Kier alpha value is -3.54. The molecule has 0 amide bonds. The molecule has 2 aromatic carbocycles. The normalized spacial score (nSPS) is 10.7. The number of nitrogens with zero attached hydrogens (tertiary/aromatic N) is 3. The molecule has 0 saturated carbocycles. The molecule has 0 spiro atoms. The molecule has 6 heteroatoms. The van der Waals surface area contributed by atoms with E-state index in [1.54, 1.807) is 30.6 Å². The molecular formula is C20H16FN5. The van der Waals surface area contributed by atoms with Crippen LogP contribution in [-0.2, 0) is 6.54 Å². The number of benzene rings is 2. The van der Waals surface area contributed by atoms with Gasteiger partial charge in [0.15, 0.2) is 0 Å². The summed E-state index contributed by atoms with van der Waals surface area (Å²) >= 11 is 0. The van der Waals surface area contributed by atoms with E-state index in [0.29, 0.717) is 18.3 Å². The van der Waals surface area contributed by atoms with Crippen molar-refractivity contribution >= 4 is 28.4 Å². The summed E-state index contributed by atoms with van der Waals surface area (Å²) in [6.45, 7) is 0.548. The Morgan fingerprint density at radius 3 is 2.58 bits per heavy atom. The third kappa shape index (κ3) is 3.59. The quantitative estimate of drug-likeness (QED) is 0.557. The fourth-order valence-electron chi connectivity index (χ4n) is 2.64. The van der Waals surface area contributed by atoms with E-state index in [-0.39, 0.29) is 5.82 Å². The van der Waals surface area contributed by atoms with Crippen LogP contribution < -0.4 is 10.6 Å². The number of hydrogen-bond donors (Lipinski definition) is 2. The molecule has 0 radical (unpaired) electrons. The van der Waals surface area contributed by atoms with E-state index >= 15 is 0 Å². The number of hydrogen-bond acceptors (Lipinski definition) is 5. The molecule has 5 nitrogen and oxygen atoms in total. The molecule has 4 rings (SSSR count). The van der Waals surface area contributed by atoms with Crippen LogP contribution in [0.1, 0.15) is 5.56 Å². The molecule has 128 valence electrons. The summed E-state index contributed by atoms with van der Waals surface area (Å²) < 4.78 is 13.0. The Kier molecular flexibility index (Phi) is 4.38. The van der Waals surface area contributed by atoms with Gasteiger partial charge in [0.2, 0.25) is 5.95 Å². The Morgan fingerprint density at radius 1 is 0.846 bits per heavy atom. The minimum Gasteiger partial charge on any atom is -0.366 e. The van der Waals surface area contributed by atoms with Crippen molar-refractivity contribution in [2.24, 2.45) is 0 Å². The van der Waals surface area contributed by atoms with Gasteiger partial charge < -0.3 is 10.6 Å². The Balaban J connectivity index is 1.51. The average Bonchev–Trinajstić information content (AvgIpc) is 2.68. The maximum Gasteiger partial charge on any atom is 0.229 e. The smallest absolute Gasteiger partial charge is 0.229 e. The summed E-state index contributed by atoms with van der Waals surface area (Å²) in [6, 6.07) is 18.0. The highest BCUT2D eigenvalue weighted by Crippen LogP contribution is 2.23. The highest BCUT2D eigenvalue weighted by atomic mass is 19.1. The maximum atomic E-state index is 13.0. The molecule has 4 aromatic rings. The van der Waals surface area contributed by atoms with Gasteiger partial charge in [-0.15, -0.1) is 0 Å². The fourth-order valence-corrected chi connectivity index (χ4v) is 2.64. The van der Waals surface area contributed by atoms with E-state index in [1.165, 1.54) is 12.1 Å². The van der Waals surface area contributed by atoms with Gasteiger partial charge in [0, 0.05) is 24.3 Å². The lowest BCUT2D eigenvalue weighted by Gasteiger charge is -2.10. The fraction of sp³-hybridized carbons (Fsp3) is 0.0500. The third-order valence-electron chi connectivity index (χ3n) is 3.92. The topological polar surface area (TPSA) is 62.7 Å². The largest absolute Gasteiger partial charge is 0.366 e. The van der Waals surface area contributed by atoms with Crippen LogP contribution >= 0.6 is 0 Å². The van der Waals surface area contributed by atoms with Crippen molar-refractivity contribution in [1.82, 2.24) is 15.0 Å². The highest BCUT2D eigenvalue weighted by molar-refractivity contribution is 5.91. The van der Waals surface area contributed by atoms with Crippen LogP contribution in [0, 0.1) is 5.82 Å². The van der Waals surface area contributed by atoms with Crippen LogP contribution in [0.3, 0.4) is 0 Å². The van der Waals surface area contributed by atoms with Gasteiger partial charge in [0.1, 0.15) is 11.6 Å². The number of nitrogens with one attached hydrogen (secondary N) is 2.